The summed E-state index contributed by atoms with van der Waals surface area (Å²) in [5.74, 6) is 0. The van der Waals surface area contributed by atoms with Crippen molar-refractivity contribution in [1.82, 2.24) is 9.80 Å². The molecule has 0 N–H and O–H groups in total. The summed E-state index contributed by atoms with van der Waals surface area (Å²) < 4.78 is 2.37. The summed E-state index contributed by atoms with van der Waals surface area (Å²) in [5, 5.41) is 0. The number of halogens is 2. The van der Waals surface area contributed by atoms with Gasteiger partial charge in [-0.1, -0.05) is 0 Å². The van der Waals surface area contributed by atoms with Crippen molar-refractivity contribution >= 4 is 0 Å². The van der Waals surface area contributed by atoms with Gasteiger partial charge in [-0.25, -0.2) is 0 Å². The largest absolute Gasteiger partial charge is 1.00 e. The van der Waals surface area contributed by atoms with Crippen LogP contribution < -0.4 is 48.0 Å². The Morgan fingerprint density at radius 2 is 0.722 bits per heavy atom. The molecule has 0 spiro atoms. The lowest BCUT2D eigenvalue weighted by Crippen LogP contribution is -3.00. The number of rotatable bonds is 9. The van der Waals surface area contributed by atoms with Crippen LogP contribution in [-0.2, 0) is 0 Å². The van der Waals surface area contributed by atoms with E-state index in [1.165, 1.54) is 73.4 Å². The fraction of sp³-hybridized carbons (Fsp3) is 1.00. The van der Waals surface area contributed by atoms with Crippen LogP contribution in [0.4, 0.5) is 0 Å². The van der Waals surface area contributed by atoms with Gasteiger partial charge in [0.1, 0.15) is 0 Å². The third kappa shape index (κ3) is 8.90. The Hall–Kier alpha value is 1.30. The van der Waals surface area contributed by atoms with E-state index in [0.29, 0.717) is 0 Å². The van der Waals surface area contributed by atoms with Crippen LogP contribution >= 0.6 is 0 Å². The predicted octanol–water partition coefficient (Wildman–Crippen LogP) is 0.0104. The Balaban J connectivity index is 0.00000612. The number of hydrogen-bond donors (Lipinski definition) is 0. The number of nitrogens with zero attached hydrogens (tertiary/aromatic N) is 4. The zero-order chi connectivity index (χ0) is 26.4. The number of likely N-dealkylation sites (tertiary alicyclic amines) is 2. The molecule has 0 aliphatic carbocycles. The monoisotopic (exact) mass is 734 g/mol. The van der Waals surface area contributed by atoms with Crippen LogP contribution in [-0.4, -0.2) is 108 Å². The normalized spacial score (nSPS) is 25.2. The van der Waals surface area contributed by atoms with Gasteiger partial charge in [0.05, 0.1) is 53.4 Å². The van der Waals surface area contributed by atoms with E-state index >= 15 is 0 Å². The summed E-state index contributed by atoms with van der Waals surface area (Å²) in [5.41, 5.74) is 1.12. The van der Waals surface area contributed by atoms with Crippen LogP contribution in [0, 0.1) is 0 Å². The molecule has 0 aromatic heterocycles. The van der Waals surface area contributed by atoms with E-state index in [4.69, 9.17) is 0 Å². The van der Waals surface area contributed by atoms with Gasteiger partial charge >= 0.3 is 0 Å². The highest BCUT2D eigenvalue weighted by Gasteiger charge is 2.49. The molecule has 2 fully saturated rings. The fourth-order valence-corrected chi connectivity index (χ4v) is 7.38. The van der Waals surface area contributed by atoms with E-state index in [2.05, 4.69) is 107 Å². The van der Waals surface area contributed by atoms with Crippen molar-refractivity contribution in [2.45, 2.75) is 141 Å². The van der Waals surface area contributed by atoms with Crippen LogP contribution in [0.1, 0.15) is 107 Å². The van der Waals surface area contributed by atoms with Crippen molar-refractivity contribution in [3.63, 3.8) is 0 Å². The first-order valence-electron chi connectivity index (χ1n) is 14.3. The van der Waals surface area contributed by atoms with Crippen molar-refractivity contribution < 1.29 is 56.9 Å². The number of unbranched alkanes of at least 4 members (excludes halogenated alkanes) is 3. The summed E-state index contributed by atoms with van der Waals surface area (Å²) in [4.78, 5) is 5.23. The van der Waals surface area contributed by atoms with Crippen molar-refractivity contribution in [3.05, 3.63) is 0 Å². The minimum Gasteiger partial charge on any atom is -1.00 e. The molecule has 6 heteroatoms. The first-order valence-corrected chi connectivity index (χ1v) is 14.3. The highest BCUT2D eigenvalue weighted by atomic mass is 127. The van der Waals surface area contributed by atoms with Crippen LogP contribution in [0.2, 0.25) is 0 Å². The Morgan fingerprint density at radius 3 is 0.944 bits per heavy atom. The van der Waals surface area contributed by atoms with Crippen molar-refractivity contribution in [2.24, 2.45) is 0 Å². The molecule has 0 radical (unpaired) electrons. The molecular weight excluding hydrogens is 670 g/mol. The lowest BCUT2D eigenvalue weighted by molar-refractivity contribution is -0.918. The van der Waals surface area contributed by atoms with Gasteiger partial charge in [0.2, 0.25) is 0 Å². The van der Waals surface area contributed by atoms with Crippen LogP contribution in [0.3, 0.4) is 0 Å². The molecule has 2 aliphatic rings. The topological polar surface area (TPSA) is 6.48 Å². The maximum atomic E-state index is 2.61. The smallest absolute Gasteiger partial charge is 0.0921 e. The summed E-state index contributed by atoms with van der Waals surface area (Å²) in [6.07, 6.45) is 10.7. The quantitative estimate of drug-likeness (QED) is 0.188. The zero-order valence-corrected chi connectivity index (χ0v) is 31.1. The van der Waals surface area contributed by atoms with E-state index in [9.17, 15) is 0 Å². The van der Waals surface area contributed by atoms with Gasteiger partial charge in [0, 0.05) is 47.8 Å². The maximum absolute atomic E-state index is 2.61. The lowest BCUT2D eigenvalue weighted by atomic mass is 9.76. The van der Waals surface area contributed by atoms with E-state index in [0.717, 1.165) is 12.1 Å². The minimum atomic E-state index is 0. The molecule has 4 nitrogen and oxygen atoms in total. The number of quaternary nitrogens is 2. The SMILES string of the molecule is CN1C(C)(C)CC([N+](C)(C)CCCCCC[N+](C)(C)C2CC(C)(C)N(C)C(C)(C)C2)CC1(C)C.[I-].[I-]. The average molecular weight is 735 g/mol. The highest BCUT2D eigenvalue weighted by molar-refractivity contribution is 5.00. The lowest BCUT2D eigenvalue weighted by Gasteiger charge is -2.56. The fourth-order valence-electron chi connectivity index (χ4n) is 7.38. The summed E-state index contributed by atoms with van der Waals surface area (Å²) in [7, 11) is 14.6. The van der Waals surface area contributed by atoms with Gasteiger partial charge in [0.25, 0.3) is 0 Å². The van der Waals surface area contributed by atoms with E-state index < -0.39 is 0 Å². The maximum Gasteiger partial charge on any atom is 0.0921 e. The van der Waals surface area contributed by atoms with Crippen molar-refractivity contribution in [1.29, 1.82) is 0 Å². The molecule has 0 atom stereocenters. The van der Waals surface area contributed by atoms with E-state index in [1.807, 2.05) is 0 Å². The Kier molecular flexibility index (Phi) is 13.3. The van der Waals surface area contributed by atoms with Crippen molar-refractivity contribution in [3.8, 4) is 0 Å². The van der Waals surface area contributed by atoms with E-state index in [1.54, 1.807) is 0 Å². The van der Waals surface area contributed by atoms with Crippen molar-refractivity contribution in [2.75, 3.05) is 55.4 Å². The first-order chi connectivity index (χ1) is 15.1. The molecule has 218 valence electrons. The standard InChI is InChI=1S/C30H64N4.2HI/c1-27(2)21-25(22-28(3,4)31(27)9)33(11,12)19-17-15-16-18-20-34(13,14)26-23-29(5,6)32(10)30(7,8)24-26;;/h25-26H,15-24H2,1-14H3;2*1H/q+2;;/p-2. The summed E-state index contributed by atoms with van der Waals surface area (Å²) in [6, 6.07) is 1.51. The number of hydrogen-bond acceptors (Lipinski definition) is 2. The minimum absolute atomic E-state index is 0. The van der Waals surface area contributed by atoms with Gasteiger partial charge in [-0.05, 0) is 95.2 Å². The molecule has 2 saturated heterocycles. The molecular formula is C30H64I2N4. The first kappa shape index (κ1) is 37.3. The molecule has 2 aliphatic heterocycles. The molecule has 2 heterocycles. The van der Waals surface area contributed by atoms with Crippen LogP contribution in [0.15, 0.2) is 0 Å². The van der Waals surface area contributed by atoms with Crippen LogP contribution in [0.5, 0.6) is 0 Å². The van der Waals surface area contributed by atoms with Gasteiger partial charge in [-0.15, -0.1) is 0 Å². The second kappa shape index (κ2) is 12.9. The Morgan fingerprint density at radius 1 is 0.500 bits per heavy atom. The zero-order valence-electron chi connectivity index (χ0n) is 26.8. The van der Waals surface area contributed by atoms with E-state index in [-0.39, 0.29) is 70.1 Å². The van der Waals surface area contributed by atoms with Gasteiger partial charge in [0.15, 0.2) is 0 Å². The molecule has 0 bridgehead atoms. The molecule has 0 unspecified atom stereocenters. The highest BCUT2D eigenvalue weighted by Crippen LogP contribution is 2.41. The Labute approximate surface area is 261 Å². The second-order valence-electron chi connectivity index (χ2n) is 15.9. The average Bonchev–Trinajstić information content (AvgIpc) is 2.65. The van der Waals surface area contributed by atoms with Gasteiger partial charge < -0.3 is 56.9 Å². The molecule has 0 aromatic carbocycles. The molecule has 2 rings (SSSR count). The van der Waals surface area contributed by atoms with Crippen LogP contribution in [0.25, 0.3) is 0 Å². The summed E-state index contributed by atoms with van der Waals surface area (Å²) >= 11 is 0. The van der Waals surface area contributed by atoms with Gasteiger partial charge in [-0.2, -0.15) is 0 Å². The molecule has 0 aromatic rings. The third-order valence-corrected chi connectivity index (χ3v) is 10.8. The predicted molar refractivity (Wildman–Crippen MR) is 150 cm³/mol. The molecule has 0 saturated carbocycles. The molecule has 0 amide bonds. The second-order valence-corrected chi connectivity index (χ2v) is 15.9. The Bertz CT molecular complexity index is 590. The third-order valence-electron chi connectivity index (χ3n) is 10.8. The number of piperidine rings is 2. The van der Waals surface area contributed by atoms with Gasteiger partial charge in [-0.3, -0.25) is 9.80 Å². The molecule has 36 heavy (non-hydrogen) atoms. The summed E-state index contributed by atoms with van der Waals surface area (Å²) in [6.45, 7) is 22.1.